The van der Waals surface area contributed by atoms with Crippen LogP contribution in [0, 0.1) is 41.5 Å². The van der Waals surface area contributed by atoms with Gasteiger partial charge in [0.15, 0.2) is 0 Å². The molecule has 0 spiro atoms. The summed E-state index contributed by atoms with van der Waals surface area (Å²) in [5.74, 6) is 0.696. The van der Waals surface area contributed by atoms with Crippen molar-refractivity contribution in [3.05, 3.63) is 33.4 Å². The molecule has 0 aliphatic carbocycles. The van der Waals surface area contributed by atoms with E-state index in [1.165, 1.54) is 31.4 Å². The maximum absolute atomic E-state index is 10.4. The van der Waals surface area contributed by atoms with Crippen LogP contribution in [-0.2, 0) is 0 Å². The summed E-state index contributed by atoms with van der Waals surface area (Å²) >= 11 is 0. The standard InChI is InChI=1S/C18H22O4S3/c1-7-9(3)15(21)17(11(5)13(7)19)23-25-24-18-12(6)14(20)8(2)10(4)16(18)22/h19-22H,1-6H3. The Bertz CT molecular complexity index is 720. The Morgan fingerprint density at radius 1 is 0.440 bits per heavy atom. The van der Waals surface area contributed by atoms with Gasteiger partial charge in [-0.1, -0.05) is 0 Å². The van der Waals surface area contributed by atoms with Gasteiger partial charge in [0.2, 0.25) is 0 Å². The third kappa shape index (κ3) is 3.50. The van der Waals surface area contributed by atoms with E-state index in [1.54, 1.807) is 41.5 Å². The van der Waals surface area contributed by atoms with E-state index in [1.807, 2.05) is 0 Å². The number of phenolic OH excluding ortho intramolecular Hbond substituents is 4. The summed E-state index contributed by atoms with van der Waals surface area (Å²) in [5.41, 5.74) is 3.90. The molecule has 0 aromatic heterocycles. The minimum absolute atomic E-state index is 0.162. The molecule has 0 fully saturated rings. The fourth-order valence-electron chi connectivity index (χ4n) is 2.47. The molecule has 0 atom stereocenters. The minimum atomic E-state index is 0.162. The second-order valence-corrected chi connectivity index (χ2v) is 9.96. The van der Waals surface area contributed by atoms with Crippen LogP contribution in [0.25, 0.3) is 0 Å². The van der Waals surface area contributed by atoms with Gasteiger partial charge in [-0.05, 0) is 95.2 Å². The molecule has 25 heavy (non-hydrogen) atoms. The summed E-state index contributed by atoms with van der Waals surface area (Å²) in [6.07, 6.45) is 0. The number of rotatable bonds is 4. The summed E-state index contributed by atoms with van der Waals surface area (Å²) in [6, 6.07) is 0. The van der Waals surface area contributed by atoms with Gasteiger partial charge in [-0.15, -0.1) is 0 Å². The highest BCUT2D eigenvalue weighted by Gasteiger charge is 2.20. The molecular formula is C18H22O4S3. The van der Waals surface area contributed by atoms with E-state index in [9.17, 15) is 20.4 Å². The van der Waals surface area contributed by atoms with Gasteiger partial charge in [-0.3, -0.25) is 0 Å². The van der Waals surface area contributed by atoms with E-state index in [-0.39, 0.29) is 23.0 Å². The predicted octanol–water partition coefficient (Wildman–Crippen LogP) is 5.81. The van der Waals surface area contributed by atoms with Gasteiger partial charge < -0.3 is 20.4 Å². The molecule has 0 heterocycles. The van der Waals surface area contributed by atoms with Crippen molar-refractivity contribution < 1.29 is 20.4 Å². The summed E-state index contributed by atoms with van der Waals surface area (Å²) < 4.78 is 0. The van der Waals surface area contributed by atoms with Gasteiger partial charge in [0, 0.05) is 11.1 Å². The van der Waals surface area contributed by atoms with E-state index >= 15 is 0 Å². The van der Waals surface area contributed by atoms with Crippen LogP contribution in [-0.4, -0.2) is 20.4 Å². The smallest absolute Gasteiger partial charge is 0.133 e. The summed E-state index contributed by atoms with van der Waals surface area (Å²) in [6.45, 7) is 10.6. The SMILES string of the molecule is Cc1c(C)c(O)c(SSSc2c(C)c(O)c(C)c(C)c2O)c(C)c1O. The molecule has 0 radical (unpaired) electrons. The van der Waals surface area contributed by atoms with Crippen LogP contribution in [0.4, 0.5) is 0 Å². The maximum Gasteiger partial charge on any atom is 0.133 e. The third-order valence-electron chi connectivity index (χ3n) is 4.60. The molecule has 4 nitrogen and oxygen atoms in total. The zero-order valence-electron chi connectivity index (χ0n) is 15.0. The molecule has 0 saturated carbocycles. The average molecular weight is 399 g/mol. The van der Waals surface area contributed by atoms with Crippen molar-refractivity contribution in [2.75, 3.05) is 0 Å². The lowest BCUT2D eigenvalue weighted by Gasteiger charge is -2.16. The summed E-state index contributed by atoms with van der Waals surface area (Å²) in [5, 5.41) is 41.1. The first-order chi connectivity index (χ1) is 11.6. The van der Waals surface area contributed by atoms with Gasteiger partial charge in [0.25, 0.3) is 0 Å². The molecule has 0 unspecified atom stereocenters. The first-order valence-electron chi connectivity index (χ1n) is 7.64. The van der Waals surface area contributed by atoms with E-state index in [2.05, 4.69) is 0 Å². The molecule has 0 aliphatic heterocycles. The molecule has 7 heteroatoms. The molecule has 136 valence electrons. The molecule has 4 N–H and O–H groups in total. The van der Waals surface area contributed by atoms with Gasteiger partial charge in [0.05, 0.1) is 9.79 Å². The van der Waals surface area contributed by atoms with Crippen molar-refractivity contribution in [3.8, 4) is 23.0 Å². The number of hydrogen-bond donors (Lipinski definition) is 4. The Hall–Kier alpha value is -1.31. The zero-order chi connectivity index (χ0) is 19.0. The Kier molecular flexibility index (Phi) is 6.01. The van der Waals surface area contributed by atoms with Crippen LogP contribution < -0.4 is 0 Å². The third-order valence-corrected chi connectivity index (χ3v) is 8.70. The van der Waals surface area contributed by atoms with Gasteiger partial charge in [0.1, 0.15) is 23.0 Å². The quantitative estimate of drug-likeness (QED) is 0.382. The predicted molar refractivity (Wildman–Crippen MR) is 107 cm³/mol. The Balaban J connectivity index is 2.29. The Labute approximate surface area is 159 Å². The molecule has 2 aromatic carbocycles. The van der Waals surface area contributed by atoms with E-state index in [0.717, 1.165) is 0 Å². The lowest BCUT2D eigenvalue weighted by atomic mass is 10.0. The van der Waals surface area contributed by atoms with E-state index < -0.39 is 0 Å². The number of benzene rings is 2. The van der Waals surface area contributed by atoms with Crippen molar-refractivity contribution >= 4 is 31.4 Å². The molecule has 0 saturated heterocycles. The van der Waals surface area contributed by atoms with E-state index in [0.29, 0.717) is 43.2 Å². The van der Waals surface area contributed by atoms with Crippen molar-refractivity contribution in [3.63, 3.8) is 0 Å². The summed E-state index contributed by atoms with van der Waals surface area (Å²) in [7, 11) is 3.99. The fourth-order valence-corrected chi connectivity index (χ4v) is 6.82. The number of aromatic hydroxyl groups is 4. The lowest BCUT2D eigenvalue weighted by Crippen LogP contribution is -1.91. The van der Waals surface area contributed by atoms with Crippen molar-refractivity contribution in [1.82, 2.24) is 0 Å². The Morgan fingerprint density at radius 3 is 1.04 bits per heavy atom. The van der Waals surface area contributed by atoms with E-state index in [4.69, 9.17) is 0 Å². The topological polar surface area (TPSA) is 80.9 Å². The fraction of sp³-hybridized carbons (Fsp3) is 0.333. The first kappa shape index (κ1) is 20.0. The van der Waals surface area contributed by atoms with Crippen molar-refractivity contribution in [2.24, 2.45) is 0 Å². The molecule has 0 bridgehead atoms. The average Bonchev–Trinajstić information content (AvgIpc) is 2.60. The molecule has 0 aliphatic rings. The van der Waals surface area contributed by atoms with Gasteiger partial charge >= 0.3 is 0 Å². The second-order valence-electron chi connectivity index (χ2n) is 6.04. The van der Waals surface area contributed by atoms with Crippen molar-refractivity contribution in [1.29, 1.82) is 0 Å². The lowest BCUT2D eigenvalue weighted by molar-refractivity contribution is 0.438. The van der Waals surface area contributed by atoms with Crippen LogP contribution in [0.5, 0.6) is 23.0 Å². The van der Waals surface area contributed by atoms with Crippen LogP contribution in [0.2, 0.25) is 0 Å². The second kappa shape index (κ2) is 7.51. The van der Waals surface area contributed by atoms with Crippen LogP contribution >= 0.6 is 31.4 Å². The molecule has 2 rings (SSSR count). The normalized spacial score (nSPS) is 11.1. The van der Waals surface area contributed by atoms with Crippen LogP contribution in [0.1, 0.15) is 33.4 Å². The van der Waals surface area contributed by atoms with Gasteiger partial charge in [-0.2, -0.15) is 0 Å². The highest BCUT2D eigenvalue weighted by atomic mass is 33.5. The zero-order valence-corrected chi connectivity index (χ0v) is 17.5. The molecule has 0 amide bonds. The Morgan fingerprint density at radius 2 is 0.720 bits per heavy atom. The number of phenols is 4. The van der Waals surface area contributed by atoms with Crippen LogP contribution in [0.15, 0.2) is 9.79 Å². The highest BCUT2D eigenvalue weighted by molar-refractivity contribution is 9.09. The monoisotopic (exact) mass is 398 g/mol. The maximum atomic E-state index is 10.4. The number of hydrogen-bond acceptors (Lipinski definition) is 7. The van der Waals surface area contributed by atoms with Crippen molar-refractivity contribution in [2.45, 2.75) is 51.3 Å². The summed E-state index contributed by atoms with van der Waals surface area (Å²) in [4.78, 5) is 1.20. The molecular weight excluding hydrogens is 376 g/mol. The first-order valence-corrected chi connectivity index (χ1v) is 11.1. The minimum Gasteiger partial charge on any atom is -0.507 e. The van der Waals surface area contributed by atoms with Crippen LogP contribution in [0.3, 0.4) is 0 Å². The highest BCUT2D eigenvalue weighted by Crippen LogP contribution is 2.54. The van der Waals surface area contributed by atoms with Gasteiger partial charge in [-0.25, -0.2) is 0 Å². The molecule has 2 aromatic rings. The largest absolute Gasteiger partial charge is 0.507 e.